The average Bonchev–Trinajstić information content (AvgIpc) is 3.53. The molecule has 0 aliphatic carbocycles. The SMILES string of the molecule is c1ccc([Si]2(c3ccccc3)c3ccccc3N3c4c(cccc42)B2c4c(cc5ccccc5c43)-c3cccc4c5ccccc5n2c34)cc1. The van der Waals surface area contributed by atoms with E-state index < -0.39 is 8.07 Å². The van der Waals surface area contributed by atoms with Crippen LogP contribution < -0.4 is 36.6 Å². The van der Waals surface area contributed by atoms with E-state index in [0.29, 0.717) is 0 Å². The molecular formula is C46H29BN2Si. The van der Waals surface area contributed by atoms with Crippen molar-refractivity contribution < 1.29 is 0 Å². The smallest absolute Gasteiger partial charge is 0.333 e. The predicted molar refractivity (Wildman–Crippen MR) is 215 cm³/mol. The number of fused-ring (bicyclic) bond motifs is 11. The fourth-order valence-corrected chi connectivity index (χ4v) is 15.2. The summed E-state index contributed by atoms with van der Waals surface area (Å²) in [5.74, 6) is 0. The van der Waals surface area contributed by atoms with E-state index in [4.69, 9.17) is 0 Å². The summed E-state index contributed by atoms with van der Waals surface area (Å²) in [4.78, 5) is 2.67. The second kappa shape index (κ2) is 9.53. The molecule has 3 aliphatic rings. The first kappa shape index (κ1) is 26.8. The molecule has 0 N–H and O–H groups in total. The van der Waals surface area contributed by atoms with Crippen molar-refractivity contribution in [1.29, 1.82) is 0 Å². The van der Waals surface area contributed by atoms with Crippen molar-refractivity contribution in [2.24, 2.45) is 0 Å². The highest BCUT2D eigenvalue weighted by Gasteiger charge is 2.53. The van der Waals surface area contributed by atoms with Crippen LogP contribution in [0.5, 0.6) is 0 Å². The Morgan fingerprint density at radius 2 is 1.10 bits per heavy atom. The number of hydrogen-bond acceptors (Lipinski definition) is 1. The largest absolute Gasteiger partial charge is 0.375 e. The molecule has 4 heterocycles. The molecule has 0 amide bonds. The number of para-hydroxylation sites is 4. The molecular weight excluding hydrogens is 619 g/mol. The molecule has 0 saturated carbocycles. The van der Waals surface area contributed by atoms with Gasteiger partial charge in [0.15, 0.2) is 8.07 Å². The van der Waals surface area contributed by atoms with E-state index in [1.807, 2.05) is 0 Å². The van der Waals surface area contributed by atoms with E-state index in [2.05, 4.69) is 185 Å². The molecule has 0 fully saturated rings. The summed E-state index contributed by atoms with van der Waals surface area (Å²) < 4.78 is 2.68. The molecule has 4 heteroatoms. The molecule has 50 heavy (non-hydrogen) atoms. The van der Waals surface area contributed by atoms with E-state index >= 15 is 0 Å². The van der Waals surface area contributed by atoms with Crippen molar-refractivity contribution in [1.82, 2.24) is 4.48 Å². The van der Waals surface area contributed by atoms with Crippen LogP contribution in [0.25, 0.3) is 43.7 Å². The zero-order valence-corrected chi connectivity index (χ0v) is 28.2. The molecule has 0 unspecified atom stereocenters. The van der Waals surface area contributed by atoms with Crippen molar-refractivity contribution in [3.05, 3.63) is 176 Å². The maximum absolute atomic E-state index is 2.78. The second-order valence-electron chi connectivity index (χ2n) is 14.0. The van der Waals surface area contributed by atoms with E-state index in [-0.39, 0.29) is 6.85 Å². The number of nitrogens with zero attached hydrogens (tertiary/aromatic N) is 2. The Morgan fingerprint density at radius 3 is 1.92 bits per heavy atom. The summed E-state index contributed by atoms with van der Waals surface area (Å²) in [5.41, 5.74) is 12.0. The van der Waals surface area contributed by atoms with Gasteiger partial charge in [-0.1, -0.05) is 158 Å². The Labute approximate surface area is 291 Å². The molecule has 0 bridgehead atoms. The minimum Gasteiger partial charge on any atom is -0.375 e. The summed E-state index contributed by atoms with van der Waals surface area (Å²) in [7, 11) is -2.78. The van der Waals surface area contributed by atoms with Crippen LogP contribution in [0.4, 0.5) is 17.1 Å². The van der Waals surface area contributed by atoms with Crippen molar-refractivity contribution in [3.8, 4) is 11.1 Å². The highest BCUT2D eigenvalue weighted by Crippen LogP contribution is 2.48. The Hall–Kier alpha value is -6.10. The van der Waals surface area contributed by atoms with Gasteiger partial charge in [-0.2, -0.15) is 0 Å². The zero-order chi connectivity index (χ0) is 32.6. The van der Waals surface area contributed by atoms with Crippen molar-refractivity contribution >= 4 is 96.2 Å². The minimum atomic E-state index is -2.78. The van der Waals surface area contributed by atoms with Crippen LogP contribution in [-0.4, -0.2) is 19.4 Å². The third-order valence-electron chi connectivity index (χ3n) is 11.8. The molecule has 0 saturated heterocycles. The number of anilines is 3. The molecule has 1 aromatic heterocycles. The van der Waals surface area contributed by atoms with E-state index in [0.717, 1.165) is 0 Å². The highest BCUT2D eigenvalue weighted by molar-refractivity contribution is 7.21. The number of hydrogen-bond donors (Lipinski definition) is 0. The van der Waals surface area contributed by atoms with Gasteiger partial charge < -0.3 is 9.38 Å². The average molecular weight is 649 g/mol. The first-order valence-electron chi connectivity index (χ1n) is 17.6. The van der Waals surface area contributed by atoms with Crippen LogP contribution in [0, 0.1) is 0 Å². The van der Waals surface area contributed by atoms with E-state index in [1.54, 1.807) is 0 Å². The van der Waals surface area contributed by atoms with Gasteiger partial charge in [-0.3, -0.25) is 0 Å². The summed E-state index contributed by atoms with van der Waals surface area (Å²) in [5, 5.41) is 10.9. The molecule has 2 nitrogen and oxygen atoms in total. The number of rotatable bonds is 2. The van der Waals surface area contributed by atoms with Crippen molar-refractivity contribution in [2.45, 2.75) is 0 Å². The van der Waals surface area contributed by atoms with Gasteiger partial charge in [0, 0.05) is 44.1 Å². The molecule has 230 valence electrons. The Kier molecular flexibility index (Phi) is 5.11. The van der Waals surface area contributed by atoms with E-state index in [9.17, 15) is 0 Å². The van der Waals surface area contributed by atoms with Gasteiger partial charge in [-0.25, -0.2) is 0 Å². The minimum absolute atomic E-state index is 0.0246. The quantitative estimate of drug-likeness (QED) is 0.183. The summed E-state index contributed by atoms with van der Waals surface area (Å²) >= 11 is 0. The number of aromatic nitrogens is 1. The monoisotopic (exact) mass is 648 g/mol. The van der Waals surface area contributed by atoms with Crippen LogP contribution in [0.1, 0.15) is 0 Å². The van der Waals surface area contributed by atoms with Crippen LogP contribution in [0.2, 0.25) is 0 Å². The summed E-state index contributed by atoms with van der Waals surface area (Å²) in [6.45, 7) is 0.0246. The molecule has 9 aromatic rings. The van der Waals surface area contributed by atoms with Gasteiger partial charge >= 0.3 is 6.85 Å². The van der Waals surface area contributed by atoms with Crippen molar-refractivity contribution in [2.75, 3.05) is 4.90 Å². The van der Waals surface area contributed by atoms with Crippen LogP contribution in [0.15, 0.2) is 176 Å². The third-order valence-corrected chi connectivity index (χ3v) is 16.6. The lowest BCUT2D eigenvalue weighted by atomic mass is 9.45. The second-order valence-corrected chi connectivity index (χ2v) is 17.7. The van der Waals surface area contributed by atoms with Gasteiger partial charge in [0.1, 0.15) is 0 Å². The maximum Gasteiger partial charge on any atom is 0.333 e. The van der Waals surface area contributed by atoms with Crippen LogP contribution in [0.3, 0.4) is 0 Å². The first-order chi connectivity index (χ1) is 24.9. The standard InChI is InChI=1S/C46H29BN2Si/c1-3-16-31(17-4-1)50(32-18-5-2-6-19-32)41-27-12-11-26-40(41)48-45-33-20-8-7-15-30(33)29-37-36-23-13-22-35-34-21-9-10-25-39(34)49(44(35)36)47(43(37)45)38-24-14-28-42(50)46(38)48/h1-29H. The molecule has 0 atom stereocenters. The van der Waals surface area contributed by atoms with Gasteiger partial charge in [-0.05, 0) is 60.8 Å². The zero-order valence-electron chi connectivity index (χ0n) is 27.2. The molecule has 0 spiro atoms. The Balaban J connectivity index is 1.33. The highest BCUT2D eigenvalue weighted by atomic mass is 28.3. The fraction of sp³-hybridized carbons (Fsp3) is 0. The van der Waals surface area contributed by atoms with Gasteiger partial charge in [0.25, 0.3) is 0 Å². The lowest BCUT2D eigenvalue weighted by Gasteiger charge is -2.50. The summed E-state index contributed by atoms with van der Waals surface area (Å²) in [6.07, 6.45) is 0. The normalized spacial score (nSPS) is 14.5. The van der Waals surface area contributed by atoms with Crippen molar-refractivity contribution in [3.63, 3.8) is 0 Å². The lowest BCUT2D eigenvalue weighted by Crippen LogP contribution is -2.78. The van der Waals surface area contributed by atoms with Gasteiger partial charge in [0.2, 0.25) is 0 Å². The predicted octanol–water partition coefficient (Wildman–Crippen LogP) is 7.06. The Morgan fingerprint density at radius 1 is 0.460 bits per heavy atom. The topological polar surface area (TPSA) is 8.17 Å². The summed E-state index contributed by atoms with van der Waals surface area (Å²) in [6, 6.07) is 66.8. The first-order valence-corrected chi connectivity index (χ1v) is 19.6. The molecule has 0 radical (unpaired) electrons. The fourth-order valence-electron chi connectivity index (χ4n) is 10.0. The van der Waals surface area contributed by atoms with Gasteiger partial charge in [-0.15, -0.1) is 0 Å². The Bertz CT molecular complexity index is 2850. The maximum atomic E-state index is 2.68. The third kappa shape index (κ3) is 3.08. The number of benzene rings is 8. The molecule has 8 aromatic carbocycles. The van der Waals surface area contributed by atoms with Crippen LogP contribution in [-0.2, 0) is 0 Å². The molecule has 3 aliphatic heterocycles. The lowest BCUT2D eigenvalue weighted by molar-refractivity contribution is 1.27. The molecule has 12 rings (SSSR count). The van der Waals surface area contributed by atoms with Crippen LogP contribution >= 0.6 is 0 Å². The van der Waals surface area contributed by atoms with Gasteiger partial charge in [0.05, 0.1) is 5.69 Å². The van der Waals surface area contributed by atoms with E-state index in [1.165, 1.54) is 92.4 Å².